The number of nitrogens with two attached hydrogens (primary N) is 1. The van der Waals surface area contributed by atoms with Gasteiger partial charge in [0.2, 0.25) is 0 Å². The fraction of sp³-hybridized carbons (Fsp3) is 0.571. The summed E-state index contributed by atoms with van der Waals surface area (Å²) in [6, 6.07) is 0. The van der Waals surface area contributed by atoms with E-state index in [1.54, 1.807) is 0 Å². The minimum Gasteiger partial charge on any atom is -0.308 e. The van der Waals surface area contributed by atoms with Crippen molar-refractivity contribution in [1.82, 2.24) is 9.97 Å². The molecule has 19 heavy (non-hydrogen) atoms. The van der Waals surface area contributed by atoms with Crippen molar-refractivity contribution in [3.8, 4) is 0 Å². The second-order valence-electron chi connectivity index (χ2n) is 5.28. The summed E-state index contributed by atoms with van der Waals surface area (Å²) in [4.78, 5) is 12.0. The minimum absolute atomic E-state index is 0.371. The number of nitrogen functional groups attached to an aromatic ring is 1. The smallest absolute Gasteiger partial charge is 0.152 e. The van der Waals surface area contributed by atoms with Gasteiger partial charge in [0.1, 0.15) is 10.7 Å². The Bertz CT molecular complexity index is 605. The zero-order chi connectivity index (χ0) is 13.4. The third-order valence-electron chi connectivity index (χ3n) is 4.02. The number of thiophene rings is 1. The molecule has 0 bridgehead atoms. The molecule has 2 heterocycles. The van der Waals surface area contributed by atoms with Crippen LogP contribution in [0.5, 0.6) is 0 Å². The highest BCUT2D eigenvalue weighted by Crippen LogP contribution is 2.39. The summed E-state index contributed by atoms with van der Waals surface area (Å²) in [6.45, 7) is 4.32. The summed E-state index contributed by atoms with van der Waals surface area (Å²) in [6.07, 6.45) is 5.91. The number of fused-ring (bicyclic) bond motifs is 3. The Kier molecular flexibility index (Phi) is 3.41. The van der Waals surface area contributed by atoms with Crippen LogP contribution < -0.4 is 11.3 Å². The van der Waals surface area contributed by atoms with Crippen molar-refractivity contribution >= 4 is 27.4 Å². The first-order valence-electron chi connectivity index (χ1n) is 7.03. The molecule has 3 N–H and O–H groups in total. The highest BCUT2D eigenvalue weighted by atomic mass is 32.1. The van der Waals surface area contributed by atoms with Crippen LogP contribution >= 0.6 is 11.3 Å². The maximum atomic E-state index is 5.68. The third-order valence-corrected chi connectivity index (χ3v) is 5.21. The molecule has 4 nitrogen and oxygen atoms in total. The Morgan fingerprint density at radius 2 is 2.11 bits per heavy atom. The molecule has 0 aliphatic heterocycles. The zero-order valence-electron chi connectivity index (χ0n) is 11.5. The first-order valence-corrected chi connectivity index (χ1v) is 7.85. The fourth-order valence-electron chi connectivity index (χ4n) is 2.68. The highest BCUT2D eigenvalue weighted by Gasteiger charge is 2.21. The zero-order valence-corrected chi connectivity index (χ0v) is 12.3. The van der Waals surface area contributed by atoms with E-state index in [1.165, 1.54) is 29.7 Å². The summed E-state index contributed by atoms with van der Waals surface area (Å²) < 4.78 is 0. The molecule has 2 aromatic rings. The Morgan fingerprint density at radius 3 is 2.84 bits per heavy atom. The molecule has 1 aliphatic carbocycles. The molecule has 102 valence electrons. The molecule has 0 saturated heterocycles. The molecule has 1 unspecified atom stereocenters. The number of nitrogens with zero attached hydrogens (tertiary/aromatic N) is 2. The van der Waals surface area contributed by atoms with Crippen LogP contribution in [0.1, 0.15) is 55.3 Å². The number of anilines is 1. The van der Waals surface area contributed by atoms with Gasteiger partial charge in [-0.3, -0.25) is 0 Å². The number of hydrogen-bond acceptors (Lipinski definition) is 5. The van der Waals surface area contributed by atoms with Gasteiger partial charge in [-0.2, -0.15) is 0 Å². The molecule has 1 atom stereocenters. The Balaban J connectivity index is 2.22. The Hall–Kier alpha value is -1.20. The summed E-state index contributed by atoms with van der Waals surface area (Å²) in [5.74, 6) is 7.76. The lowest BCUT2D eigenvalue weighted by atomic mass is 9.97. The van der Waals surface area contributed by atoms with E-state index in [1.807, 2.05) is 11.3 Å². The standard InChI is InChI=1S/C14H20N4S/c1-3-8(2)12-16-13(18-15)11-9-6-4-5-7-10(9)19-14(11)17-12/h8H,3-7,15H2,1-2H3,(H,16,17,18). The molecular formula is C14H20N4S. The number of hydrogen-bond donors (Lipinski definition) is 2. The van der Waals surface area contributed by atoms with Crippen molar-refractivity contribution in [2.75, 3.05) is 5.43 Å². The maximum absolute atomic E-state index is 5.68. The predicted molar refractivity (Wildman–Crippen MR) is 80.6 cm³/mol. The molecule has 3 rings (SSSR count). The molecule has 0 amide bonds. The lowest BCUT2D eigenvalue weighted by Gasteiger charge is -2.13. The second kappa shape index (κ2) is 5.06. The van der Waals surface area contributed by atoms with Gasteiger partial charge in [0.15, 0.2) is 5.82 Å². The van der Waals surface area contributed by atoms with Crippen LogP contribution in [-0.2, 0) is 12.8 Å². The van der Waals surface area contributed by atoms with Gasteiger partial charge in [0.05, 0.1) is 5.39 Å². The SMILES string of the molecule is CCC(C)c1nc(NN)c2c3c(sc2n1)CCCC3. The number of hydrazine groups is 1. The van der Waals surface area contributed by atoms with Crippen molar-refractivity contribution < 1.29 is 0 Å². The van der Waals surface area contributed by atoms with Crippen molar-refractivity contribution in [3.05, 3.63) is 16.3 Å². The number of aromatic nitrogens is 2. The Morgan fingerprint density at radius 1 is 1.32 bits per heavy atom. The third kappa shape index (κ3) is 2.11. The normalized spacial score (nSPS) is 16.4. The van der Waals surface area contributed by atoms with E-state index in [-0.39, 0.29) is 0 Å². The molecule has 0 fully saturated rings. The average molecular weight is 276 g/mol. The lowest BCUT2D eigenvalue weighted by molar-refractivity contribution is 0.683. The summed E-state index contributed by atoms with van der Waals surface area (Å²) >= 11 is 1.82. The van der Waals surface area contributed by atoms with Gasteiger partial charge in [-0.25, -0.2) is 15.8 Å². The molecule has 0 aromatic carbocycles. The van der Waals surface area contributed by atoms with E-state index in [0.717, 1.165) is 34.7 Å². The van der Waals surface area contributed by atoms with Crippen LogP contribution in [-0.4, -0.2) is 9.97 Å². The van der Waals surface area contributed by atoms with Gasteiger partial charge in [0.25, 0.3) is 0 Å². The average Bonchev–Trinajstić information content (AvgIpc) is 2.83. The maximum Gasteiger partial charge on any atom is 0.152 e. The molecule has 0 radical (unpaired) electrons. The Labute approximate surface area is 117 Å². The highest BCUT2D eigenvalue weighted by molar-refractivity contribution is 7.19. The van der Waals surface area contributed by atoms with Gasteiger partial charge >= 0.3 is 0 Å². The quantitative estimate of drug-likeness (QED) is 0.666. The largest absolute Gasteiger partial charge is 0.308 e. The van der Waals surface area contributed by atoms with Gasteiger partial charge < -0.3 is 5.43 Å². The van der Waals surface area contributed by atoms with E-state index in [2.05, 4.69) is 24.3 Å². The van der Waals surface area contributed by atoms with Crippen molar-refractivity contribution in [2.24, 2.45) is 5.84 Å². The van der Waals surface area contributed by atoms with E-state index in [4.69, 9.17) is 10.8 Å². The van der Waals surface area contributed by atoms with E-state index in [0.29, 0.717) is 5.92 Å². The van der Waals surface area contributed by atoms with Crippen molar-refractivity contribution in [2.45, 2.75) is 51.9 Å². The summed E-state index contributed by atoms with van der Waals surface area (Å²) in [5.41, 5.74) is 4.21. The van der Waals surface area contributed by atoms with E-state index in [9.17, 15) is 0 Å². The minimum atomic E-state index is 0.371. The van der Waals surface area contributed by atoms with Crippen LogP contribution in [0, 0.1) is 0 Å². The predicted octanol–water partition coefficient (Wildman–Crippen LogP) is 3.37. The van der Waals surface area contributed by atoms with Crippen LogP contribution in [0.3, 0.4) is 0 Å². The number of rotatable bonds is 3. The first-order chi connectivity index (χ1) is 9.24. The number of aryl methyl sites for hydroxylation is 2. The van der Waals surface area contributed by atoms with Crippen LogP contribution in [0.25, 0.3) is 10.2 Å². The molecule has 5 heteroatoms. The van der Waals surface area contributed by atoms with Crippen LogP contribution in [0.15, 0.2) is 0 Å². The van der Waals surface area contributed by atoms with E-state index >= 15 is 0 Å². The van der Waals surface area contributed by atoms with Gasteiger partial charge in [-0.1, -0.05) is 13.8 Å². The van der Waals surface area contributed by atoms with Gasteiger partial charge in [-0.05, 0) is 37.7 Å². The van der Waals surface area contributed by atoms with Gasteiger partial charge in [0, 0.05) is 10.8 Å². The molecule has 1 aliphatic rings. The molecular weight excluding hydrogens is 256 g/mol. The summed E-state index contributed by atoms with van der Waals surface area (Å²) in [5, 5.41) is 1.16. The molecule has 0 saturated carbocycles. The number of nitrogens with one attached hydrogen (secondary N) is 1. The second-order valence-corrected chi connectivity index (χ2v) is 6.36. The van der Waals surface area contributed by atoms with Crippen LogP contribution in [0.4, 0.5) is 5.82 Å². The van der Waals surface area contributed by atoms with Gasteiger partial charge in [-0.15, -0.1) is 11.3 Å². The lowest BCUT2D eigenvalue weighted by Crippen LogP contribution is -2.12. The fourth-order valence-corrected chi connectivity index (χ4v) is 3.95. The van der Waals surface area contributed by atoms with Crippen molar-refractivity contribution in [3.63, 3.8) is 0 Å². The van der Waals surface area contributed by atoms with Crippen molar-refractivity contribution in [1.29, 1.82) is 0 Å². The monoisotopic (exact) mass is 276 g/mol. The van der Waals surface area contributed by atoms with Crippen LogP contribution in [0.2, 0.25) is 0 Å². The summed E-state index contributed by atoms with van der Waals surface area (Å²) in [7, 11) is 0. The first kappa shape index (κ1) is 12.8. The molecule has 2 aromatic heterocycles. The molecule has 0 spiro atoms. The topological polar surface area (TPSA) is 63.8 Å². The van der Waals surface area contributed by atoms with E-state index < -0.39 is 0 Å².